The van der Waals surface area contributed by atoms with Crippen molar-refractivity contribution < 1.29 is 9.47 Å². The minimum absolute atomic E-state index is 0.496. The van der Waals surface area contributed by atoms with E-state index in [1.165, 1.54) is 0 Å². The van der Waals surface area contributed by atoms with Crippen LogP contribution in [0.15, 0.2) is 34.9 Å². The van der Waals surface area contributed by atoms with Gasteiger partial charge in [0, 0.05) is 22.8 Å². The van der Waals surface area contributed by atoms with Crippen LogP contribution in [0, 0.1) is 6.92 Å². The molecule has 0 amide bonds. The first kappa shape index (κ1) is 12.7. The van der Waals surface area contributed by atoms with Crippen LogP contribution in [0.5, 0.6) is 17.4 Å². The Kier molecular flexibility index (Phi) is 3.72. The first-order chi connectivity index (χ1) is 8.60. The summed E-state index contributed by atoms with van der Waals surface area (Å²) in [4.78, 5) is 4.17. The van der Waals surface area contributed by atoms with Gasteiger partial charge in [-0.2, -0.15) is 0 Å². The Morgan fingerprint density at radius 3 is 2.72 bits per heavy atom. The summed E-state index contributed by atoms with van der Waals surface area (Å²) < 4.78 is 11.7. The number of ether oxygens (including phenoxy) is 2. The van der Waals surface area contributed by atoms with E-state index in [1.807, 2.05) is 13.0 Å². The molecule has 0 aliphatic carbocycles. The molecule has 94 valence electrons. The highest BCUT2D eigenvalue weighted by atomic mass is 79.9. The number of aryl methyl sites for hydroxylation is 1. The number of rotatable bonds is 3. The van der Waals surface area contributed by atoms with E-state index in [0.29, 0.717) is 23.1 Å². The smallest absolute Gasteiger partial charge is 0.219 e. The minimum atomic E-state index is 0.496. The molecule has 5 heteroatoms. The van der Waals surface area contributed by atoms with E-state index in [0.717, 1.165) is 10.0 Å². The summed E-state index contributed by atoms with van der Waals surface area (Å²) in [7, 11) is 1.59. The number of nitrogens with two attached hydrogens (primary N) is 1. The van der Waals surface area contributed by atoms with Crippen molar-refractivity contribution in [3.63, 3.8) is 0 Å². The van der Waals surface area contributed by atoms with Gasteiger partial charge in [-0.15, -0.1) is 0 Å². The fourth-order valence-electron chi connectivity index (χ4n) is 1.41. The fraction of sp³-hybridized carbons (Fsp3) is 0.154. The molecule has 2 N–H and O–H groups in total. The molecule has 2 aromatic rings. The summed E-state index contributed by atoms with van der Waals surface area (Å²) >= 11 is 3.39. The predicted molar refractivity (Wildman–Crippen MR) is 74.2 cm³/mol. The van der Waals surface area contributed by atoms with Crippen molar-refractivity contribution in [3.05, 3.63) is 40.5 Å². The van der Waals surface area contributed by atoms with Crippen LogP contribution in [0.4, 0.5) is 5.69 Å². The molecule has 0 fully saturated rings. The van der Waals surface area contributed by atoms with Crippen molar-refractivity contribution in [3.8, 4) is 17.4 Å². The number of nitrogens with zero attached hydrogens (tertiary/aromatic N) is 1. The molecule has 1 heterocycles. The van der Waals surface area contributed by atoms with Gasteiger partial charge in [-0.1, -0.05) is 0 Å². The molecule has 1 aromatic heterocycles. The number of benzene rings is 1. The van der Waals surface area contributed by atoms with Crippen molar-refractivity contribution in [1.29, 1.82) is 0 Å². The quantitative estimate of drug-likeness (QED) is 0.881. The molecule has 0 bridgehead atoms. The Morgan fingerprint density at radius 2 is 2.06 bits per heavy atom. The van der Waals surface area contributed by atoms with Crippen molar-refractivity contribution in [2.24, 2.45) is 0 Å². The van der Waals surface area contributed by atoms with Crippen LogP contribution >= 0.6 is 15.9 Å². The van der Waals surface area contributed by atoms with Gasteiger partial charge in [0.1, 0.15) is 5.75 Å². The lowest BCUT2D eigenvalue weighted by molar-refractivity contribution is 0.408. The number of hydrogen-bond acceptors (Lipinski definition) is 4. The Morgan fingerprint density at radius 1 is 1.28 bits per heavy atom. The minimum Gasteiger partial charge on any atom is -0.497 e. The van der Waals surface area contributed by atoms with Crippen LogP contribution in [-0.2, 0) is 0 Å². The van der Waals surface area contributed by atoms with E-state index in [4.69, 9.17) is 15.2 Å². The molecule has 0 saturated heterocycles. The highest BCUT2D eigenvalue weighted by Crippen LogP contribution is 2.31. The first-order valence-corrected chi connectivity index (χ1v) is 6.13. The second-order valence-corrected chi connectivity index (χ2v) is 4.63. The molecule has 1 aromatic carbocycles. The summed E-state index contributed by atoms with van der Waals surface area (Å²) in [5, 5.41) is 0. The third kappa shape index (κ3) is 2.73. The summed E-state index contributed by atoms with van der Waals surface area (Å²) in [5.74, 6) is 1.72. The molecule has 4 nitrogen and oxygen atoms in total. The topological polar surface area (TPSA) is 57.4 Å². The van der Waals surface area contributed by atoms with Crippen LogP contribution in [0.1, 0.15) is 5.56 Å². The zero-order valence-electron chi connectivity index (χ0n) is 10.1. The Labute approximate surface area is 114 Å². The van der Waals surface area contributed by atoms with E-state index >= 15 is 0 Å². The second kappa shape index (κ2) is 5.27. The summed E-state index contributed by atoms with van der Waals surface area (Å²) in [6.45, 7) is 1.97. The number of nitrogen functional groups attached to an aromatic ring is 1. The molecule has 0 aliphatic heterocycles. The van der Waals surface area contributed by atoms with E-state index < -0.39 is 0 Å². The number of pyridine rings is 1. The Bertz CT molecular complexity index is 573. The molecule has 0 aliphatic rings. The number of halogens is 1. The summed E-state index contributed by atoms with van der Waals surface area (Å²) in [6.07, 6.45) is 1.70. The average Bonchev–Trinajstić information content (AvgIpc) is 2.36. The van der Waals surface area contributed by atoms with Gasteiger partial charge in [0.25, 0.3) is 0 Å². The maximum absolute atomic E-state index is 5.84. The van der Waals surface area contributed by atoms with Gasteiger partial charge in [-0.25, -0.2) is 4.98 Å². The molecule has 18 heavy (non-hydrogen) atoms. The molecular formula is C13H13BrN2O2. The maximum Gasteiger partial charge on any atom is 0.219 e. The molecule has 0 radical (unpaired) electrons. The van der Waals surface area contributed by atoms with Gasteiger partial charge in [-0.05, 0) is 40.5 Å². The highest BCUT2D eigenvalue weighted by molar-refractivity contribution is 9.10. The lowest BCUT2D eigenvalue weighted by atomic mass is 10.3. The predicted octanol–water partition coefficient (Wildman–Crippen LogP) is 3.54. The SMILES string of the molecule is COc1ccc(N)c(Oc2cc(C)c(Br)cn2)c1. The van der Waals surface area contributed by atoms with Crippen LogP contribution in [-0.4, -0.2) is 12.1 Å². The van der Waals surface area contributed by atoms with Gasteiger partial charge in [0.15, 0.2) is 5.75 Å². The zero-order valence-corrected chi connectivity index (χ0v) is 11.7. The number of anilines is 1. The van der Waals surface area contributed by atoms with Crippen LogP contribution in [0.3, 0.4) is 0 Å². The van der Waals surface area contributed by atoms with E-state index in [9.17, 15) is 0 Å². The van der Waals surface area contributed by atoms with Crippen LogP contribution in [0.2, 0.25) is 0 Å². The van der Waals surface area contributed by atoms with Crippen LogP contribution < -0.4 is 15.2 Å². The van der Waals surface area contributed by atoms with Gasteiger partial charge >= 0.3 is 0 Å². The number of aromatic nitrogens is 1. The maximum atomic E-state index is 5.84. The van der Waals surface area contributed by atoms with Crippen LogP contribution in [0.25, 0.3) is 0 Å². The third-order valence-corrected chi connectivity index (χ3v) is 3.29. The molecule has 0 unspecified atom stereocenters. The van der Waals surface area contributed by atoms with E-state index in [-0.39, 0.29) is 0 Å². The van der Waals surface area contributed by atoms with Gasteiger partial charge in [0.2, 0.25) is 5.88 Å². The second-order valence-electron chi connectivity index (χ2n) is 3.78. The monoisotopic (exact) mass is 308 g/mol. The largest absolute Gasteiger partial charge is 0.497 e. The van der Waals surface area contributed by atoms with E-state index in [2.05, 4.69) is 20.9 Å². The first-order valence-electron chi connectivity index (χ1n) is 5.33. The molecule has 0 spiro atoms. The lowest BCUT2D eigenvalue weighted by Crippen LogP contribution is -1.95. The molecular weight excluding hydrogens is 296 g/mol. The molecule has 0 saturated carbocycles. The standard InChI is InChI=1S/C13H13BrN2O2/c1-8-5-13(16-7-10(8)14)18-12-6-9(17-2)3-4-11(12)15/h3-7H,15H2,1-2H3. The van der Waals surface area contributed by atoms with Crippen molar-refractivity contribution >= 4 is 21.6 Å². The number of hydrogen-bond donors (Lipinski definition) is 1. The van der Waals surface area contributed by atoms with Gasteiger partial charge < -0.3 is 15.2 Å². The normalized spacial score (nSPS) is 10.2. The van der Waals surface area contributed by atoms with Crippen molar-refractivity contribution in [2.45, 2.75) is 6.92 Å². The molecule has 2 rings (SSSR count). The molecule has 0 atom stereocenters. The van der Waals surface area contributed by atoms with Gasteiger partial charge in [-0.3, -0.25) is 0 Å². The van der Waals surface area contributed by atoms with Gasteiger partial charge in [0.05, 0.1) is 12.8 Å². The third-order valence-electron chi connectivity index (χ3n) is 2.46. The average molecular weight is 309 g/mol. The summed E-state index contributed by atoms with van der Waals surface area (Å²) in [5.41, 5.74) is 7.43. The van der Waals surface area contributed by atoms with Crippen molar-refractivity contribution in [2.75, 3.05) is 12.8 Å². The lowest BCUT2D eigenvalue weighted by Gasteiger charge is -2.10. The highest BCUT2D eigenvalue weighted by Gasteiger charge is 2.06. The Balaban J connectivity index is 2.30. The number of methoxy groups -OCH3 is 1. The fourth-order valence-corrected chi connectivity index (χ4v) is 1.63. The summed E-state index contributed by atoms with van der Waals surface area (Å²) in [6, 6.07) is 7.08. The zero-order chi connectivity index (χ0) is 13.1. The van der Waals surface area contributed by atoms with Crippen molar-refractivity contribution in [1.82, 2.24) is 4.98 Å². The van der Waals surface area contributed by atoms with E-state index in [1.54, 1.807) is 31.5 Å². The Hall–Kier alpha value is -1.75.